The molecule has 0 aromatic heterocycles. The van der Waals surface area contributed by atoms with E-state index in [2.05, 4.69) is 37.5 Å². The van der Waals surface area contributed by atoms with Gasteiger partial charge in [0, 0.05) is 0 Å². The normalized spacial score (nSPS) is 12.6. The van der Waals surface area contributed by atoms with Crippen LogP contribution in [0.3, 0.4) is 0 Å². The zero-order valence-electron chi connectivity index (χ0n) is 13.3. The molecule has 0 saturated carbocycles. The van der Waals surface area contributed by atoms with Gasteiger partial charge in [0.05, 0.1) is 12.6 Å². The Morgan fingerprint density at radius 1 is 0.737 bits per heavy atom. The average Bonchev–Trinajstić information content (AvgIpc) is 2.29. The van der Waals surface area contributed by atoms with Gasteiger partial charge in [-0.1, -0.05) is 27.7 Å². The van der Waals surface area contributed by atoms with E-state index in [0.29, 0.717) is 12.6 Å². The van der Waals surface area contributed by atoms with Gasteiger partial charge in [0.15, 0.2) is 0 Å². The Hall–Kier alpha value is 0.110. The van der Waals surface area contributed by atoms with Crippen molar-refractivity contribution in [3.05, 3.63) is 0 Å². The lowest BCUT2D eigenvalue weighted by atomic mass is 10.4. The Balaban J connectivity index is 4.42. The highest BCUT2D eigenvalue weighted by Crippen LogP contribution is 2.41. The van der Waals surface area contributed by atoms with E-state index in [1.165, 1.54) is 0 Å². The smallest absolute Gasteiger partial charge is 0.227 e. The van der Waals surface area contributed by atoms with Crippen molar-refractivity contribution in [1.29, 1.82) is 0 Å². The first kappa shape index (κ1) is 19.1. The third kappa shape index (κ3) is 9.61. The molecule has 0 bridgehead atoms. The van der Waals surface area contributed by atoms with Gasteiger partial charge in [-0.3, -0.25) is 14.4 Å². The zero-order chi connectivity index (χ0) is 14.7. The maximum Gasteiger partial charge on any atom is 0.227 e. The highest BCUT2D eigenvalue weighted by molar-refractivity contribution is 7.57. The van der Waals surface area contributed by atoms with Gasteiger partial charge in [0.2, 0.25) is 7.37 Å². The summed E-state index contributed by atoms with van der Waals surface area (Å²) in [4.78, 5) is 14.5. The van der Waals surface area contributed by atoms with Crippen LogP contribution >= 0.6 is 7.37 Å². The largest absolute Gasteiger partial charge is 0.343 e. The minimum absolute atomic E-state index is 0.346. The first-order chi connectivity index (χ1) is 8.99. The molecule has 0 spiro atoms. The SMILES string of the molecule is CCCN(CCC)CP(=O)(O)CN(CCC)CCC. The summed E-state index contributed by atoms with van der Waals surface area (Å²) in [6.45, 7) is 12.1. The molecule has 0 aliphatic heterocycles. The molecule has 0 unspecified atom stereocenters. The summed E-state index contributed by atoms with van der Waals surface area (Å²) in [6, 6.07) is 0. The van der Waals surface area contributed by atoms with E-state index in [1.807, 2.05) is 0 Å². The van der Waals surface area contributed by atoms with Crippen LogP contribution in [0, 0.1) is 0 Å². The van der Waals surface area contributed by atoms with E-state index in [0.717, 1.165) is 51.9 Å². The fourth-order valence-corrected chi connectivity index (χ4v) is 4.35. The average molecular weight is 292 g/mol. The molecule has 5 heteroatoms. The Morgan fingerprint density at radius 2 is 1.00 bits per heavy atom. The Kier molecular flexibility index (Phi) is 10.9. The van der Waals surface area contributed by atoms with E-state index >= 15 is 0 Å². The second kappa shape index (κ2) is 10.8. The van der Waals surface area contributed by atoms with Gasteiger partial charge in [-0.25, -0.2) is 0 Å². The number of hydrogen-bond acceptors (Lipinski definition) is 3. The van der Waals surface area contributed by atoms with Gasteiger partial charge < -0.3 is 4.89 Å². The van der Waals surface area contributed by atoms with E-state index in [-0.39, 0.29) is 0 Å². The third-order valence-corrected chi connectivity index (χ3v) is 4.69. The van der Waals surface area contributed by atoms with Crippen molar-refractivity contribution in [2.45, 2.75) is 53.4 Å². The van der Waals surface area contributed by atoms with Crippen LogP contribution in [0.5, 0.6) is 0 Å². The molecule has 0 aromatic carbocycles. The van der Waals surface area contributed by atoms with E-state index < -0.39 is 7.37 Å². The van der Waals surface area contributed by atoms with Crippen molar-refractivity contribution in [2.24, 2.45) is 0 Å². The predicted octanol–water partition coefficient (Wildman–Crippen LogP) is 3.42. The molecule has 0 aliphatic carbocycles. The van der Waals surface area contributed by atoms with Gasteiger partial charge in [0.1, 0.15) is 0 Å². The first-order valence-corrected chi connectivity index (χ1v) is 9.77. The quantitative estimate of drug-likeness (QED) is 0.560. The maximum absolute atomic E-state index is 12.4. The molecule has 19 heavy (non-hydrogen) atoms. The molecule has 0 amide bonds. The number of nitrogens with zero attached hydrogens (tertiary/aromatic N) is 2. The lowest BCUT2D eigenvalue weighted by Crippen LogP contribution is -2.32. The van der Waals surface area contributed by atoms with Crippen molar-refractivity contribution in [3.8, 4) is 0 Å². The van der Waals surface area contributed by atoms with E-state index in [4.69, 9.17) is 0 Å². The second-order valence-electron chi connectivity index (χ2n) is 5.37. The van der Waals surface area contributed by atoms with Crippen LogP contribution in [0.4, 0.5) is 0 Å². The minimum atomic E-state index is -3.07. The molecule has 0 saturated heterocycles. The summed E-state index contributed by atoms with van der Waals surface area (Å²) in [5.74, 6) is 0. The minimum Gasteiger partial charge on any atom is -0.343 e. The van der Waals surface area contributed by atoms with Gasteiger partial charge in [-0.15, -0.1) is 0 Å². The third-order valence-electron chi connectivity index (χ3n) is 3.00. The van der Waals surface area contributed by atoms with Crippen LogP contribution in [-0.2, 0) is 4.57 Å². The lowest BCUT2D eigenvalue weighted by Gasteiger charge is -2.28. The highest BCUT2D eigenvalue weighted by Gasteiger charge is 2.24. The molecule has 0 fully saturated rings. The Bertz CT molecular complexity index is 228. The van der Waals surface area contributed by atoms with Crippen molar-refractivity contribution in [1.82, 2.24) is 9.80 Å². The summed E-state index contributed by atoms with van der Waals surface area (Å²) < 4.78 is 12.4. The molecule has 4 nitrogen and oxygen atoms in total. The van der Waals surface area contributed by atoms with Crippen molar-refractivity contribution < 1.29 is 9.46 Å². The number of rotatable bonds is 12. The molecule has 0 atom stereocenters. The first-order valence-electron chi connectivity index (χ1n) is 7.74. The molecule has 0 rings (SSSR count). The summed E-state index contributed by atoms with van der Waals surface area (Å²) >= 11 is 0. The van der Waals surface area contributed by atoms with E-state index in [9.17, 15) is 9.46 Å². The van der Waals surface area contributed by atoms with Gasteiger partial charge in [-0.05, 0) is 51.9 Å². The van der Waals surface area contributed by atoms with Gasteiger partial charge >= 0.3 is 0 Å². The molecule has 0 aliphatic rings. The summed E-state index contributed by atoms with van der Waals surface area (Å²) in [6.07, 6.45) is 4.83. The fraction of sp³-hybridized carbons (Fsp3) is 1.00. The molecular weight excluding hydrogens is 259 g/mol. The van der Waals surface area contributed by atoms with Gasteiger partial charge in [-0.2, -0.15) is 0 Å². The van der Waals surface area contributed by atoms with Crippen LogP contribution < -0.4 is 0 Å². The van der Waals surface area contributed by atoms with Crippen LogP contribution in [0.15, 0.2) is 0 Å². The molecule has 0 aromatic rings. The van der Waals surface area contributed by atoms with Crippen molar-refractivity contribution in [3.63, 3.8) is 0 Å². The second-order valence-corrected chi connectivity index (χ2v) is 7.62. The summed E-state index contributed by atoms with van der Waals surface area (Å²) in [7, 11) is -3.07. The topological polar surface area (TPSA) is 43.8 Å². The number of hydrogen-bond donors (Lipinski definition) is 1. The summed E-state index contributed by atoms with van der Waals surface area (Å²) in [5, 5.41) is 0. The fourth-order valence-electron chi connectivity index (χ4n) is 2.44. The highest BCUT2D eigenvalue weighted by atomic mass is 31.2. The lowest BCUT2D eigenvalue weighted by molar-refractivity contribution is 0.276. The van der Waals surface area contributed by atoms with Crippen molar-refractivity contribution in [2.75, 3.05) is 38.8 Å². The monoisotopic (exact) mass is 292 g/mol. The maximum atomic E-state index is 12.4. The van der Waals surface area contributed by atoms with Crippen LogP contribution in [-0.4, -0.2) is 53.4 Å². The Morgan fingerprint density at radius 3 is 1.21 bits per heavy atom. The van der Waals surface area contributed by atoms with Gasteiger partial charge in [0.25, 0.3) is 0 Å². The predicted molar refractivity (Wildman–Crippen MR) is 83.9 cm³/mol. The molecule has 116 valence electrons. The van der Waals surface area contributed by atoms with Crippen LogP contribution in [0.25, 0.3) is 0 Å². The van der Waals surface area contributed by atoms with Crippen LogP contribution in [0.1, 0.15) is 53.4 Å². The molecule has 0 heterocycles. The molecule has 1 N–H and O–H groups in total. The standard InChI is InChI=1S/C14H33N2O2P/c1-5-9-15(10-6-2)13-19(17,18)14-16(11-7-3)12-8-4/h5-14H2,1-4H3,(H,17,18). The summed E-state index contributed by atoms with van der Waals surface area (Å²) in [5.41, 5.74) is 0. The van der Waals surface area contributed by atoms with Crippen LogP contribution in [0.2, 0.25) is 0 Å². The van der Waals surface area contributed by atoms with E-state index in [1.54, 1.807) is 0 Å². The Labute approximate surface area is 119 Å². The zero-order valence-corrected chi connectivity index (χ0v) is 14.2. The molecule has 0 radical (unpaired) electrons. The van der Waals surface area contributed by atoms with Crippen molar-refractivity contribution >= 4 is 7.37 Å². The molecular formula is C14H33N2O2P.